The molecular formula is C13H21NO3. The maximum absolute atomic E-state index is 12.0. The third-order valence-electron chi connectivity index (χ3n) is 3.93. The predicted molar refractivity (Wildman–Crippen MR) is 63.5 cm³/mol. The summed E-state index contributed by atoms with van der Waals surface area (Å²) in [5.74, 6) is 0.321. The van der Waals surface area contributed by atoms with Crippen molar-refractivity contribution in [1.82, 2.24) is 4.90 Å². The van der Waals surface area contributed by atoms with Crippen LogP contribution < -0.4 is 0 Å². The van der Waals surface area contributed by atoms with Gasteiger partial charge in [-0.2, -0.15) is 0 Å². The van der Waals surface area contributed by atoms with Gasteiger partial charge in [-0.25, -0.2) is 4.79 Å². The van der Waals surface area contributed by atoms with Crippen LogP contribution in [0.25, 0.3) is 0 Å². The van der Waals surface area contributed by atoms with Crippen molar-refractivity contribution in [2.45, 2.75) is 51.5 Å². The van der Waals surface area contributed by atoms with E-state index in [1.54, 1.807) is 4.90 Å². The molecule has 96 valence electrons. The summed E-state index contributed by atoms with van der Waals surface area (Å²) in [5, 5.41) is 9.17. The number of carboxylic acids is 1. The number of likely N-dealkylation sites (tertiary alicyclic amines) is 1. The van der Waals surface area contributed by atoms with Crippen LogP contribution in [-0.2, 0) is 9.59 Å². The van der Waals surface area contributed by atoms with E-state index in [1.165, 1.54) is 12.8 Å². The molecule has 0 aromatic carbocycles. The molecule has 1 heterocycles. The van der Waals surface area contributed by atoms with Gasteiger partial charge in [-0.3, -0.25) is 4.79 Å². The Morgan fingerprint density at radius 3 is 2.59 bits per heavy atom. The fraction of sp³-hybridized carbons (Fsp3) is 0.846. The number of piperidine rings is 1. The van der Waals surface area contributed by atoms with Crippen molar-refractivity contribution in [3.05, 3.63) is 0 Å². The van der Waals surface area contributed by atoms with E-state index in [4.69, 9.17) is 0 Å². The molecule has 4 heteroatoms. The number of rotatable bonds is 4. The molecule has 1 amide bonds. The molecule has 0 radical (unpaired) electrons. The molecule has 2 fully saturated rings. The zero-order valence-corrected chi connectivity index (χ0v) is 10.4. The molecule has 2 atom stereocenters. The molecule has 0 bridgehead atoms. The largest absolute Gasteiger partial charge is 0.480 e. The van der Waals surface area contributed by atoms with Gasteiger partial charge in [0.15, 0.2) is 0 Å². The van der Waals surface area contributed by atoms with E-state index in [0.29, 0.717) is 25.3 Å². The zero-order valence-electron chi connectivity index (χ0n) is 10.4. The molecule has 1 saturated carbocycles. The summed E-state index contributed by atoms with van der Waals surface area (Å²) in [6.07, 6.45) is 5.49. The topological polar surface area (TPSA) is 57.6 Å². The monoisotopic (exact) mass is 239 g/mol. The summed E-state index contributed by atoms with van der Waals surface area (Å²) < 4.78 is 0. The molecule has 0 spiro atoms. The molecule has 2 aliphatic rings. The van der Waals surface area contributed by atoms with Gasteiger partial charge in [0, 0.05) is 13.0 Å². The zero-order chi connectivity index (χ0) is 12.4. The van der Waals surface area contributed by atoms with Crippen LogP contribution in [0.4, 0.5) is 0 Å². The van der Waals surface area contributed by atoms with E-state index in [1.807, 2.05) is 0 Å². The highest BCUT2D eigenvalue weighted by molar-refractivity contribution is 5.83. The smallest absolute Gasteiger partial charge is 0.326 e. The number of nitrogens with zero attached hydrogens (tertiary/aromatic N) is 1. The molecule has 2 unspecified atom stereocenters. The number of carboxylic acid groups (broad SMARTS) is 1. The Morgan fingerprint density at radius 2 is 2.00 bits per heavy atom. The van der Waals surface area contributed by atoms with Gasteiger partial charge in [0.1, 0.15) is 6.04 Å². The summed E-state index contributed by atoms with van der Waals surface area (Å²) >= 11 is 0. The van der Waals surface area contributed by atoms with Crippen LogP contribution in [0.3, 0.4) is 0 Å². The highest BCUT2D eigenvalue weighted by Gasteiger charge is 2.35. The summed E-state index contributed by atoms with van der Waals surface area (Å²) in [4.78, 5) is 24.8. The lowest BCUT2D eigenvalue weighted by atomic mass is 9.92. The second kappa shape index (κ2) is 5.07. The van der Waals surface area contributed by atoms with Gasteiger partial charge in [0.25, 0.3) is 0 Å². The van der Waals surface area contributed by atoms with E-state index < -0.39 is 12.0 Å². The third-order valence-corrected chi connectivity index (χ3v) is 3.93. The maximum atomic E-state index is 12.0. The molecule has 1 saturated heterocycles. The van der Waals surface area contributed by atoms with Crippen molar-refractivity contribution in [3.63, 3.8) is 0 Å². The molecule has 0 aromatic heterocycles. The van der Waals surface area contributed by atoms with Gasteiger partial charge in [0.05, 0.1) is 0 Å². The van der Waals surface area contributed by atoms with Gasteiger partial charge in [0.2, 0.25) is 5.91 Å². The van der Waals surface area contributed by atoms with Crippen molar-refractivity contribution >= 4 is 11.9 Å². The van der Waals surface area contributed by atoms with Crippen LogP contribution in [0.15, 0.2) is 0 Å². The standard InChI is InChI=1S/C13H21NO3/c1-9-6-7-14(11(8-9)13(16)17)12(15)5-4-10-2-3-10/h9-11H,2-8H2,1H3,(H,16,17). The van der Waals surface area contributed by atoms with E-state index in [-0.39, 0.29) is 5.91 Å². The Bertz CT molecular complexity index is 312. The fourth-order valence-corrected chi connectivity index (χ4v) is 2.55. The van der Waals surface area contributed by atoms with Crippen molar-refractivity contribution in [2.24, 2.45) is 11.8 Å². The van der Waals surface area contributed by atoms with E-state index in [0.717, 1.165) is 18.8 Å². The molecular weight excluding hydrogens is 218 g/mol. The van der Waals surface area contributed by atoms with E-state index in [9.17, 15) is 14.7 Å². The minimum Gasteiger partial charge on any atom is -0.480 e. The van der Waals surface area contributed by atoms with Gasteiger partial charge >= 0.3 is 5.97 Å². The molecule has 2 rings (SSSR count). The van der Waals surface area contributed by atoms with Crippen LogP contribution in [0.2, 0.25) is 0 Å². The lowest BCUT2D eigenvalue weighted by Gasteiger charge is -2.36. The average molecular weight is 239 g/mol. The van der Waals surface area contributed by atoms with Crippen LogP contribution >= 0.6 is 0 Å². The van der Waals surface area contributed by atoms with Gasteiger partial charge in [-0.05, 0) is 31.1 Å². The molecule has 0 aromatic rings. The maximum Gasteiger partial charge on any atom is 0.326 e. The number of amides is 1. The number of carbonyl (C=O) groups excluding carboxylic acids is 1. The SMILES string of the molecule is CC1CCN(C(=O)CCC2CC2)C(C(=O)O)C1. The lowest BCUT2D eigenvalue weighted by Crippen LogP contribution is -2.49. The van der Waals surface area contributed by atoms with Gasteiger partial charge < -0.3 is 10.0 Å². The lowest BCUT2D eigenvalue weighted by molar-refractivity contribution is -0.153. The van der Waals surface area contributed by atoms with Crippen molar-refractivity contribution < 1.29 is 14.7 Å². The molecule has 17 heavy (non-hydrogen) atoms. The van der Waals surface area contributed by atoms with Crippen LogP contribution in [0, 0.1) is 11.8 Å². The van der Waals surface area contributed by atoms with Crippen molar-refractivity contribution in [2.75, 3.05) is 6.54 Å². The quantitative estimate of drug-likeness (QED) is 0.815. The Hall–Kier alpha value is -1.06. The molecule has 1 N–H and O–H groups in total. The number of hydrogen-bond donors (Lipinski definition) is 1. The normalized spacial score (nSPS) is 29.1. The van der Waals surface area contributed by atoms with Crippen LogP contribution in [0.1, 0.15) is 45.4 Å². The first-order valence-electron chi connectivity index (χ1n) is 6.60. The second-order valence-corrected chi connectivity index (χ2v) is 5.55. The minimum atomic E-state index is -0.851. The van der Waals surface area contributed by atoms with E-state index >= 15 is 0 Å². The predicted octanol–water partition coefficient (Wildman–Crippen LogP) is 1.89. The second-order valence-electron chi connectivity index (χ2n) is 5.55. The number of aliphatic carboxylic acids is 1. The Kier molecular flexibility index (Phi) is 3.69. The first-order valence-corrected chi connectivity index (χ1v) is 6.60. The fourth-order valence-electron chi connectivity index (χ4n) is 2.55. The summed E-state index contributed by atoms with van der Waals surface area (Å²) in [7, 11) is 0. The van der Waals surface area contributed by atoms with Crippen molar-refractivity contribution in [3.8, 4) is 0 Å². The summed E-state index contributed by atoms with van der Waals surface area (Å²) in [5.41, 5.74) is 0. The Morgan fingerprint density at radius 1 is 1.29 bits per heavy atom. The van der Waals surface area contributed by atoms with Crippen LogP contribution in [-0.4, -0.2) is 34.5 Å². The van der Waals surface area contributed by atoms with Crippen LogP contribution in [0.5, 0.6) is 0 Å². The number of hydrogen-bond acceptors (Lipinski definition) is 2. The average Bonchev–Trinajstić information content (AvgIpc) is 3.09. The first-order chi connectivity index (χ1) is 8.08. The highest BCUT2D eigenvalue weighted by Crippen LogP contribution is 2.34. The molecule has 4 nitrogen and oxygen atoms in total. The van der Waals surface area contributed by atoms with Gasteiger partial charge in [-0.1, -0.05) is 19.8 Å². The minimum absolute atomic E-state index is 0.0381. The van der Waals surface area contributed by atoms with Crippen molar-refractivity contribution in [1.29, 1.82) is 0 Å². The highest BCUT2D eigenvalue weighted by atomic mass is 16.4. The molecule has 1 aliphatic heterocycles. The molecule has 1 aliphatic carbocycles. The van der Waals surface area contributed by atoms with E-state index in [2.05, 4.69) is 6.92 Å². The Labute approximate surface area is 102 Å². The Balaban J connectivity index is 1.90. The summed E-state index contributed by atoms with van der Waals surface area (Å²) in [6, 6.07) is -0.592. The third kappa shape index (κ3) is 3.20. The van der Waals surface area contributed by atoms with Gasteiger partial charge in [-0.15, -0.1) is 0 Å². The number of carbonyl (C=O) groups is 2. The summed E-state index contributed by atoms with van der Waals surface area (Å²) in [6.45, 7) is 2.67. The first kappa shape index (κ1) is 12.4.